The van der Waals surface area contributed by atoms with E-state index in [-0.39, 0.29) is 11.9 Å². The highest BCUT2D eigenvalue weighted by Gasteiger charge is 2.31. The number of methoxy groups -OCH3 is 1. The van der Waals surface area contributed by atoms with Gasteiger partial charge >= 0.3 is 0 Å². The predicted molar refractivity (Wildman–Crippen MR) is 112 cm³/mol. The molecule has 0 fully saturated rings. The number of thiophene rings is 2. The van der Waals surface area contributed by atoms with Gasteiger partial charge in [0.25, 0.3) is 0 Å². The summed E-state index contributed by atoms with van der Waals surface area (Å²) in [7, 11) is 1.58. The second kappa shape index (κ2) is 8.02. The van der Waals surface area contributed by atoms with E-state index < -0.39 is 0 Å². The third-order valence-corrected chi connectivity index (χ3v) is 6.82. The molecule has 140 valence electrons. The Hall–Kier alpha value is -1.86. The molecule has 1 unspecified atom stereocenters. The Morgan fingerprint density at radius 3 is 2.96 bits per heavy atom. The minimum absolute atomic E-state index is 0.0733. The van der Waals surface area contributed by atoms with E-state index in [0.29, 0.717) is 23.0 Å². The van der Waals surface area contributed by atoms with E-state index in [1.165, 1.54) is 15.3 Å². The van der Waals surface area contributed by atoms with Crippen LogP contribution in [0.3, 0.4) is 0 Å². The van der Waals surface area contributed by atoms with E-state index in [1.54, 1.807) is 48.0 Å². The molecular weight excluding hydrogens is 400 g/mol. The maximum absolute atomic E-state index is 12.8. The first-order valence-corrected chi connectivity index (χ1v) is 10.8. The van der Waals surface area contributed by atoms with Crippen LogP contribution in [-0.4, -0.2) is 31.0 Å². The van der Waals surface area contributed by atoms with Gasteiger partial charge in [-0.3, -0.25) is 9.69 Å². The fourth-order valence-corrected chi connectivity index (χ4v) is 5.42. The number of hydrogen-bond acceptors (Lipinski definition) is 5. The van der Waals surface area contributed by atoms with Crippen LogP contribution in [0, 0.1) is 0 Å². The molecule has 1 aliphatic rings. The Morgan fingerprint density at radius 1 is 1.30 bits per heavy atom. The van der Waals surface area contributed by atoms with Gasteiger partial charge in [0.15, 0.2) is 0 Å². The SMILES string of the molecule is COc1ccc(Cl)cc1NC(=O)CN1CCc2sccc2C1c1cccs1. The Morgan fingerprint density at radius 2 is 2.19 bits per heavy atom. The lowest BCUT2D eigenvalue weighted by molar-refractivity contribution is -0.117. The fourth-order valence-electron chi connectivity index (χ4n) is 3.47. The van der Waals surface area contributed by atoms with Gasteiger partial charge in [-0.05, 0) is 53.1 Å². The molecule has 1 aliphatic heterocycles. The van der Waals surface area contributed by atoms with Crippen LogP contribution in [0.4, 0.5) is 5.69 Å². The highest BCUT2D eigenvalue weighted by atomic mass is 35.5. The molecule has 7 heteroatoms. The van der Waals surface area contributed by atoms with Gasteiger partial charge in [-0.1, -0.05) is 17.7 Å². The number of benzene rings is 1. The normalized spacial score (nSPS) is 16.7. The summed E-state index contributed by atoms with van der Waals surface area (Å²) in [5.41, 5.74) is 1.91. The predicted octanol–water partition coefficient (Wildman–Crippen LogP) is 5.06. The van der Waals surface area contributed by atoms with Gasteiger partial charge in [0, 0.05) is 21.3 Å². The van der Waals surface area contributed by atoms with Crippen molar-refractivity contribution in [2.75, 3.05) is 25.5 Å². The summed E-state index contributed by atoms with van der Waals surface area (Å²) in [4.78, 5) is 17.7. The van der Waals surface area contributed by atoms with E-state index in [9.17, 15) is 4.79 Å². The van der Waals surface area contributed by atoms with Gasteiger partial charge < -0.3 is 10.1 Å². The average Bonchev–Trinajstić information content (AvgIpc) is 3.33. The molecule has 0 aliphatic carbocycles. The van der Waals surface area contributed by atoms with E-state index in [1.807, 2.05) is 0 Å². The van der Waals surface area contributed by atoms with Crippen molar-refractivity contribution in [3.8, 4) is 5.75 Å². The summed E-state index contributed by atoms with van der Waals surface area (Å²) in [5.74, 6) is 0.525. The Balaban J connectivity index is 1.55. The maximum atomic E-state index is 12.8. The molecule has 0 saturated heterocycles. The third kappa shape index (κ3) is 3.89. The van der Waals surface area contributed by atoms with Crippen molar-refractivity contribution in [1.29, 1.82) is 0 Å². The number of rotatable bonds is 5. The number of nitrogens with one attached hydrogen (secondary N) is 1. The van der Waals surface area contributed by atoms with Crippen molar-refractivity contribution in [2.24, 2.45) is 0 Å². The van der Waals surface area contributed by atoms with Gasteiger partial charge in [0.2, 0.25) is 5.91 Å². The first-order valence-electron chi connectivity index (χ1n) is 8.63. The van der Waals surface area contributed by atoms with Gasteiger partial charge in [-0.2, -0.15) is 0 Å². The monoisotopic (exact) mass is 418 g/mol. The lowest BCUT2D eigenvalue weighted by Crippen LogP contribution is -2.40. The zero-order valence-corrected chi connectivity index (χ0v) is 17.2. The van der Waals surface area contributed by atoms with Crippen LogP contribution >= 0.6 is 34.3 Å². The number of anilines is 1. The summed E-state index contributed by atoms with van der Waals surface area (Å²) < 4.78 is 5.32. The van der Waals surface area contributed by atoms with Crippen molar-refractivity contribution in [3.05, 3.63) is 67.5 Å². The van der Waals surface area contributed by atoms with Crippen LogP contribution in [-0.2, 0) is 11.2 Å². The van der Waals surface area contributed by atoms with E-state index >= 15 is 0 Å². The summed E-state index contributed by atoms with van der Waals surface area (Å²) in [6.45, 7) is 1.17. The van der Waals surface area contributed by atoms with Gasteiger partial charge in [0.05, 0.1) is 25.4 Å². The number of hydrogen-bond donors (Lipinski definition) is 1. The average molecular weight is 419 g/mol. The molecule has 0 saturated carbocycles. The number of carbonyl (C=O) groups is 1. The second-order valence-electron chi connectivity index (χ2n) is 6.33. The summed E-state index contributed by atoms with van der Waals surface area (Å²) in [5, 5.41) is 7.74. The third-order valence-electron chi connectivity index (χ3n) is 4.66. The molecule has 0 radical (unpaired) electrons. The molecular formula is C20H19ClN2O2S2. The van der Waals surface area contributed by atoms with E-state index in [0.717, 1.165) is 13.0 Å². The first kappa shape index (κ1) is 18.5. The minimum Gasteiger partial charge on any atom is -0.495 e. The molecule has 1 N–H and O–H groups in total. The Labute approximate surface area is 171 Å². The maximum Gasteiger partial charge on any atom is 0.238 e. The van der Waals surface area contributed by atoms with Crippen LogP contribution in [0.15, 0.2) is 47.2 Å². The van der Waals surface area contributed by atoms with Gasteiger partial charge in [0.1, 0.15) is 5.75 Å². The number of fused-ring (bicyclic) bond motifs is 1. The summed E-state index contributed by atoms with van der Waals surface area (Å²) >= 11 is 9.60. The molecule has 0 bridgehead atoms. The second-order valence-corrected chi connectivity index (χ2v) is 8.75. The van der Waals surface area contributed by atoms with Crippen molar-refractivity contribution in [1.82, 2.24) is 4.90 Å². The number of ether oxygens (including phenoxy) is 1. The minimum atomic E-state index is -0.0733. The van der Waals surface area contributed by atoms with Crippen LogP contribution in [0.5, 0.6) is 5.75 Å². The number of nitrogens with zero attached hydrogens (tertiary/aromatic N) is 1. The molecule has 3 heterocycles. The van der Waals surface area contributed by atoms with Crippen LogP contribution < -0.4 is 10.1 Å². The standard InChI is InChI=1S/C20H19ClN2O2S2/c1-25-16-5-4-13(21)11-15(16)22-19(24)12-23-8-6-17-14(7-10-27-17)20(23)18-3-2-9-26-18/h2-5,7,9-11,20H,6,8,12H2,1H3,(H,22,24). The molecule has 2 aromatic heterocycles. The highest BCUT2D eigenvalue weighted by Crippen LogP contribution is 2.39. The lowest BCUT2D eigenvalue weighted by atomic mass is 9.98. The van der Waals surface area contributed by atoms with Crippen LogP contribution in [0.1, 0.15) is 21.4 Å². The quantitative estimate of drug-likeness (QED) is 0.629. The molecule has 3 aromatic rings. The number of halogens is 1. The summed E-state index contributed by atoms with van der Waals surface area (Å²) in [6, 6.07) is 11.7. The molecule has 1 amide bonds. The zero-order valence-electron chi connectivity index (χ0n) is 14.8. The molecule has 4 rings (SSSR count). The number of amides is 1. The largest absolute Gasteiger partial charge is 0.495 e. The van der Waals surface area contributed by atoms with Crippen molar-refractivity contribution in [3.63, 3.8) is 0 Å². The van der Waals surface area contributed by atoms with Crippen LogP contribution in [0.2, 0.25) is 5.02 Å². The van der Waals surface area contributed by atoms with Gasteiger partial charge in [-0.25, -0.2) is 0 Å². The van der Waals surface area contributed by atoms with E-state index in [4.69, 9.17) is 16.3 Å². The van der Waals surface area contributed by atoms with E-state index in [2.05, 4.69) is 39.2 Å². The van der Waals surface area contributed by atoms with Crippen molar-refractivity contribution < 1.29 is 9.53 Å². The number of carbonyl (C=O) groups excluding carboxylic acids is 1. The molecule has 4 nitrogen and oxygen atoms in total. The Bertz CT molecular complexity index is 939. The van der Waals surface area contributed by atoms with Crippen molar-refractivity contribution >= 4 is 45.9 Å². The Kier molecular flexibility index (Phi) is 5.50. The van der Waals surface area contributed by atoms with Crippen LogP contribution in [0.25, 0.3) is 0 Å². The smallest absolute Gasteiger partial charge is 0.238 e. The highest BCUT2D eigenvalue weighted by molar-refractivity contribution is 7.10. The molecule has 0 spiro atoms. The van der Waals surface area contributed by atoms with Crippen molar-refractivity contribution in [2.45, 2.75) is 12.5 Å². The fraction of sp³-hybridized carbons (Fsp3) is 0.250. The molecule has 1 atom stereocenters. The summed E-state index contributed by atoms with van der Waals surface area (Å²) in [6.07, 6.45) is 0.975. The lowest BCUT2D eigenvalue weighted by Gasteiger charge is -2.34. The first-order chi connectivity index (χ1) is 13.2. The topological polar surface area (TPSA) is 41.6 Å². The molecule has 27 heavy (non-hydrogen) atoms. The van der Waals surface area contributed by atoms with Gasteiger partial charge in [-0.15, -0.1) is 22.7 Å². The molecule has 1 aromatic carbocycles. The zero-order chi connectivity index (χ0) is 18.8.